The molecule has 1 nitrogen and oxygen atoms in total. The number of hydrogen-bond donors (Lipinski definition) is 0. The fourth-order valence-electron chi connectivity index (χ4n) is 5.76. The summed E-state index contributed by atoms with van der Waals surface area (Å²) >= 11 is 0. The van der Waals surface area contributed by atoms with E-state index in [0.717, 1.165) is 36.5 Å². The number of ether oxygens (including phenoxy) is 1. The van der Waals surface area contributed by atoms with Gasteiger partial charge < -0.3 is 4.74 Å². The molecule has 1 aliphatic carbocycles. The molecular weight excluding hydrogens is 424 g/mol. The fourth-order valence-corrected chi connectivity index (χ4v) is 5.76. The first-order chi connectivity index (χ1) is 17.2. The van der Waals surface area contributed by atoms with Gasteiger partial charge in [0.15, 0.2) is 0 Å². The van der Waals surface area contributed by atoms with Crippen molar-refractivity contribution in [2.24, 2.45) is 11.8 Å². The second-order valence-corrected chi connectivity index (χ2v) is 11.3. The van der Waals surface area contributed by atoms with Gasteiger partial charge in [-0.2, -0.15) is 0 Å². The molecule has 2 aromatic rings. The molecule has 0 spiro atoms. The van der Waals surface area contributed by atoms with E-state index in [0.29, 0.717) is 0 Å². The highest BCUT2D eigenvalue weighted by Gasteiger charge is 2.23. The molecule has 2 aromatic carbocycles. The monoisotopic (exact) mass is 476 g/mol. The molecule has 3 rings (SSSR count). The standard InChI is InChI=1S/C34H52O/c1-4-6-7-8-9-10-11-12-13-26-35-34-24-22-33(23-25-34)32-20-18-31(19-21-32)30-16-14-29(15-17-30)27-28(3)5-2/h18-25,28-30H,4-17,26-27H2,1-3H3. The van der Waals surface area contributed by atoms with E-state index in [1.807, 2.05) is 0 Å². The zero-order valence-electron chi connectivity index (χ0n) is 23.1. The van der Waals surface area contributed by atoms with Crippen molar-refractivity contribution in [1.82, 2.24) is 0 Å². The first-order valence-electron chi connectivity index (χ1n) is 15.0. The van der Waals surface area contributed by atoms with Gasteiger partial charge in [0.1, 0.15) is 5.75 Å². The van der Waals surface area contributed by atoms with Gasteiger partial charge in [-0.25, -0.2) is 0 Å². The van der Waals surface area contributed by atoms with E-state index in [1.54, 1.807) is 0 Å². The molecular formula is C34H52O. The Hall–Kier alpha value is -1.76. The molecule has 0 aliphatic heterocycles. The minimum atomic E-state index is 0.758. The average Bonchev–Trinajstić information content (AvgIpc) is 2.90. The summed E-state index contributed by atoms with van der Waals surface area (Å²) in [5.41, 5.74) is 4.13. The molecule has 1 saturated carbocycles. The Morgan fingerprint density at radius 1 is 0.686 bits per heavy atom. The highest BCUT2D eigenvalue weighted by atomic mass is 16.5. The predicted octanol–water partition coefficient (Wildman–Crippen LogP) is 11.0. The van der Waals surface area contributed by atoms with Crippen LogP contribution in [0.25, 0.3) is 11.1 Å². The maximum absolute atomic E-state index is 5.99. The van der Waals surface area contributed by atoms with Gasteiger partial charge in [-0.1, -0.05) is 115 Å². The van der Waals surface area contributed by atoms with Crippen molar-refractivity contribution in [1.29, 1.82) is 0 Å². The van der Waals surface area contributed by atoms with Crippen LogP contribution in [0.1, 0.15) is 129 Å². The summed E-state index contributed by atoms with van der Waals surface area (Å²) in [4.78, 5) is 0. The second kappa shape index (κ2) is 16.1. The van der Waals surface area contributed by atoms with Gasteiger partial charge in [-0.15, -0.1) is 0 Å². The molecule has 35 heavy (non-hydrogen) atoms. The van der Waals surface area contributed by atoms with Gasteiger partial charge in [0.05, 0.1) is 6.61 Å². The highest BCUT2D eigenvalue weighted by Crippen LogP contribution is 2.39. The third-order valence-corrected chi connectivity index (χ3v) is 8.37. The Labute approximate surface area is 217 Å². The summed E-state index contributed by atoms with van der Waals surface area (Å²) < 4.78 is 5.99. The summed E-state index contributed by atoms with van der Waals surface area (Å²) in [6, 6.07) is 18.1. The van der Waals surface area contributed by atoms with Crippen molar-refractivity contribution in [3.63, 3.8) is 0 Å². The van der Waals surface area contributed by atoms with E-state index >= 15 is 0 Å². The van der Waals surface area contributed by atoms with Crippen LogP contribution in [0.2, 0.25) is 0 Å². The minimum absolute atomic E-state index is 0.758. The zero-order chi connectivity index (χ0) is 24.7. The number of benzene rings is 2. The quantitative estimate of drug-likeness (QED) is 0.219. The third-order valence-electron chi connectivity index (χ3n) is 8.37. The normalized spacial score (nSPS) is 18.9. The lowest BCUT2D eigenvalue weighted by Gasteiger charge is -2.30. The smallest absolute Gasteiger partial charge is 0.119 e. The average molecular weight is 477 g/mol. The Kier molecular flexibility index (Phi) is 12.8. The first kappa shape index (κ1) is 27.8. The van der Waals surface area contributed by atoms with Crippen molar-refractivity contribution in [2.75, 3.05) is 6.61 Å². The predicted molar refractivity (Wildman–Crippen MR) is 153 cm³/mol. The molecule has 1 unspecified atom stereocenters. The Morgan fingerprint density at radius 3 is 1.80 bits per heavy atom. The van der Waals surface area contributed by atoms with Gasteiger partial charge in [0, 0.05) is 0 Å². The van der Waals surface area contributed by atoms with Crippen molar-refractivity contribution < 1.29 is 4.74 Å². The SMILES string of the molecule is CCCCCCCCCCCOc1ccc(-c2ccc(C3CCC(CC(C)CC)CC3)cc2)cc1. The summed E-state index contributed by atoms with van der Waals surface area (Å²) in [6.07, 6.45) is 20.5. The van der Waals surface area contributed by atoms with Crippen LogP contribution in [0.15, 0.2) is 48.5 Å². The largest absolute Gasteiger partial charge is 0.494 e. The maximum atomic E-state index is 5.99. The van der Waals surface area contributed by atoms with Crippen molar-refractivity contribution >= 4 is 0 Å². The van der Waals surface area contributed by atoms with Crippen LogP contribution in [-0.2, 0) is 0 Å². The van der Waals surface area contributed by atoms with E-state index in [4.69, 9.17) is 4.74 Å². The van der Waals surface area contributed by atoms with Gasteiger partial charge >= 0.3 is 0 Å². The number of hydrogen-bond acceptors (Lipinski definition) is 1. The van der Waals surface area contributed by atoms with Crippen LogP contribution in [0, 0.1) is 11.8 Å². The molecule has 0 saturated heterocycles. The van der Waals surface area contributed by atoms with Crippen LogP contribution in [0.4, 0.5) is 0 Å². The Morgan fingerprint density at radius 2 is 1.23 bits per heavy atom. The molecule has 1 heteroatoms. The molecule has 1 fully saturated rings. The molecule has 0 heterocycles. The minimum Gasteiger partial charge on any atom is -0.494 e. The second-order valence-electron chi connectivity index (χ2n) is 11.3. The lowest BCUT2D eigenvalue weighted by molar-refractivity contribution is 0.273. The van der Waals surface area contributed by atoms with Crippen molar-refractivity contribution in [3.05, 3.63) is 54.1 Å². The van der Waals surface area contributed by atoms with Gasteiger partial charge in [0.25, 0.3) is 0 Å². The molecule has 0 radical (unpaired) electrons. The van der Waals surface area contributed by atoms with Gasteiger partial charge in [0.2, 0.25) is 0 Å². The maximum Gasteiger partial charge on any atom is 0.119 e. The molecule has 0 amide bonds. The number of unbranched alkanes of at least 4 members (excludes halogenated alkanes) is 8. The lowest BCUT2D eigenvalue weighted by atomic mass is 9.75. The fraction of sp³-hybridized carbons (Fsp3) is 0.647. The summed E-state index contributed by atoms with van der Waals surface area (Å²) in [5, 5.41) is 0. The first-order valence-corrected chi connectivity index (χ1v) is 15.0. The third kappa shape index (κ3) is 10.0. The topological polar surface area (TPSA) is 9.23 Å². The van der Waals surface area contributed by atoms with Gasteiger partial charge in [-0.05, 0) is 85.1 Å². The van der Waals surface area contributed by atoms with E-state index in [-0.39, 0.29) is 0 Å². The number of rotatable bonds is 16. The van der Waals surface area contributed by atoms with Crippen LogP contribution in [0.5, 0.6) is 5.75 Å². The summed E-state index contributed by atoms with van der Waals surface area (Å²) in [5.74, 6) is 3.61. The molecule has 194 valence electrons. The van der Waals surface area contributed by atoms with Gasteiger partial charge in [-0.3, -0.25) is 0 Å². The van der Waals surface area contributed by atoms with E-state index in [1.165, 1.54) is 107 Å². The van der Waals surface area contributed by atoms with Crippen molar-refractivity contribution in [3.8, 4) is 16.9 Å². The Balaban J connectivity index is 1.34. The van der Waals surface area contributed by atoms with E-state index in [9.17, 15) is 0 Å². The molecule has 0 bridgehead atoms. The van der Waals surface area contributed by atoms with Crippen LogP contribution >= 0.6 is 0 Å². The summed E-state index contributed by atoms with van der Waals surface area (Å²) in [6.45, 7) is 7.87. The lowest BCUT2D eigenvalue weighted by Crippen LogP contribution is -2.15. The van der Waals surface area contributed by atoms with E-state index < -0.39 is 0 Å². The highest BCUT2D eigenvalue weighted by molar-refractivity contribution is 5.64. The van der Waals surface area contributed by atoms with Crippen LogP contribution in [-0.4, -0.2) is 6.61 Å². The van der Waals surface area contributed by atoms with E-state index in [2.05, 4.69) is 69.3 Å². The Bertz CT molecular complexity index is 782. The van der Waals surface area contributed by atoms with Crippen LogP contribution in [0.3, 0.4) is 0 Å². The molecule has 0 aromatic heterocycles. The zero-order valence-corrected chi connectivity index (χ0v) is 23.1. The van der Waals surface area contributed by atoms with Crippen molar-refractivity contribution in [2.45, 2.75) is 123 Å². The van der Waals surface area contributed by atoms with Crippen LogP contribution < -0.4 is 4.74 Å². The molecule has 1 aliphatic rings. The summed E-state index contributed by atoms with van der Waals surface area (Å²) in [7, 11) is 0. The molecule has 1 atom stereocenters. The molecule has 0 N–H and O–H groups in total.